The molecule has 0 saturated carbocycles. The van der Waals surface area contributed by atoms with Gasteiger partial charge in [0, 0.05) is 18.0 Å². The molecule has 1 fully saturated rings. The fourth-order valence-corrected chi connectivity index (χ4v) is 4.24. The number of hydrogen-bond donors (Lipinski definition) is 1. The molecule has 0 aliphatic carbocycles. The van der Waals surface area contributed by atoms with Crippen LogP contribution < -0.4 is 15.4 Å². The molecule has 0 unspecified atom stereocenters. The lowest BCUT2D eigenvalue weighted by Crippen LogP contribution is -2.45. The molecule has 1 aliphatic heterocycles. The van der Waals surface area contributed by atoms with Crippen LogP contribution in [0.15, 0.2) is 78.9 Å². The number of anilines is 2. The number of nitrogens with zero attached hydrogens (tertiary/aromatic N) is 2. The second kappa shape index (κ2) is 10.3. The highest BCUT2D eigenvalue weighted by molar-refractivity contribution is 6.22. The van der Waals surface area contributed by atoms with Crippen LogP contribution in [0.25, 0.3) is 0 Å². The minimum atomic E-state index is -0.382. The van der Waals surface area contributed by atoms with E-state index in [0.29, 0.717) is 35.5 Å². The molecule has 4 rings (SSSR count). The molecule has 0 spiro atoms. The van der Waals surface area contributed by atoms with Crippen LogP contribution in [-0.2, 0) is 11.3 Å². The van der Waals surface area contributed by atoms with Gasteiger partial charge in [0.25, 0.3) is 5.91 Å². The van der Waals surface area contributed by atoms with E-state index < -0.39 is 0 Å². The Morgan fingerprint density at radius 1 is 0.939 bits per heavy atom. The van der Waals surface area contributed by atoms with Crippen molar-refractivity contribution in [1.29, 1.82) is 0 Å². The lowest BCUT2D eigenvalue weighted by atomic mass is 9.94. The van der Waals surface area contributed by atoms with Crippen LogP contribution in [0.4, 0.5) is 11.4 Å². The number of benzene rings is 3. The molecule has 0 atom stereocenters. The van der Waals surface area contributed by atoms with Crippen LogP contribution in [-0.4, -0.2) is 36.9 Å². The average Bonchev–Trinajstić information content (AvgIpc) is 2.86. The first-order valence-corrected chi connectivity index (χ1v) is 11.2. The van der Waals surface area contributed by atoms with Crippen molar-refractivity contribution in [2.24, 2.45) is 5.92 Å². The third kappa shape index (κ3) is 5.23. The van der Waals surface area contributed by atoms with Crippen LogP contribution in [0.3, 0.4) is 0 Å². The summed E-state index contributed by atoms with van der Waals surface area (Å²) in [6, 6.07) is 24.1. The van der Waals surface area contributed by atoms with E-state index in [1.165, 1.54) is 10.5 Å². The number of imide groups is 1. The molecule has 1 aliphatic rings. The molecule has 1 heterocycles. The van der Waals surface area contributed by atoms with Gasteiger partial charge in [0.05, 0.1) is 18.5 Å². The number of likely N-dealkylation sites (tertiary alicyclic amines) is 1. The molecule has 1 saturated heterocycles. The molecule has 0 aromatic heterocycles. The summed E-state index contributed by atoms with van der Waals surface area (Å²) in [5, 5.41) is 0. The van der Waals surface area contributed by atoms with E-state index in [-0.39, 0.29) is 17.7 Å². The molecule has 170 valence electrons. The minimum absolute atomic E-state index is 0.201. The Morgan fingerprint density at radius 3 is 2.21 bits per heavy atom. The Balaban J connectivity index is 1.52. The third-order valence-electron chi connectivity index (χ3n) is 6.12. The lowest BCUT2D eigenvalue weighted by molar-refractivity contribution is -0.123. The van der Waals surface area contributed by atoms with Gasteiger partial charge in [-0.1, -0.05) is 42.5 Å². The normalized spacial score (nSPS) is 14.6. The van der Waals surface area contributed by atoms with E-state index in [4.69, 9.17) is 10.5 Å². The largest absolute Gasteiger partial charge is 0.497 e. The molecule has 6 heteroatoms. The van der Waals surface area contributed by atoms with Gasteiger partial charge in [0.15, 0.2) is 0 Å². The molecular weight excluding hydrogens is 414 g/mol. The van der Waals surface area contributed by atoms with Gasteiger partial charge >= 0.3 is 0 Å². The molecule has 0 bridgehead atoms. The monoisotopic (exact) mass is 443 g/mol. The highest BCUT2D eigenvalue weighted by Crippen LogP contribution is 2.30. The summed E-state index contributed by atoms with van der Waals surface area (Å²) in [6.45, 7) is 2.47. The third-order valence-corrected chi connectivity index (χ3v) is 6.12. The number of nitrogen functional groups attached to an aromatic ring is 1. The van der Waals surface area contributed by atoms with Gasteiger partial charge in [-0.3, -0.25) is 14.5 Å². The van der Waals surface area contributed by atoms with E-state index in [1.807, 2.05) is 18.2 Å². The van der Waals surface area contributed by atoms with Gasteiger partial charge in [-0.05, 0) is 67.9 Å². The van der Waals surface area contributed by atoms with E-state index in [9.17, 15) is 9.59 Å². The number of methoxy groups -OCH3 is 1. The quantitative estimate of drug-likeness (QED) is 0.452. The highest BCUT2D eigenvalue weighted by atomic mass is 16.5. The maximum Gasteiger partial charge on any atom is 0.265 e. The van der Waals surface area contributed by atoms with Gasteiger partial charge in [-0.25, -0.2) is 4.90 Å². The number of hydrogen-bond acceptors (Lipinski definition) is 5. The summed E-state index contributed by atoms with van der Waals surface area (Å²) < 4.78 is 5.19. The predicted octanol–water partition coefficient (Wildman–Crippen LogP) is 4.36. The number of carbonyl (C=O) groups excluding carboxylic acids is 2. The van der Waals surface area contributed by atoms with Gasteiger partial charge in [-0.2, -0.15) is 0 Å². The Kier molecular flexibility index (Phi) is 7.05. The fourth-order valence-electron chi connectivity index (χ4n) is 4.24. The number of carbonyl (C=O) groups is 2. The van der Waals surface area contributed by atoms with Crippen molar-refractivity contribution in [1.82, 2.24) is 4.90 Å². The van der Waals surface area contributed by atoms with Crippen molar-refractivity contribution in [2.75, 3.05) is 30.8 Å². The van der Waals surface area contributed by atoms with Crippen LogP contribution in [0.2, 0.25) is 0 Å². The topological polar surface area (TPSA) is 75.9 Å². The van der Waals surface area contributed by atoms with Crippen molar-refractivity contribution in [3.05, 3.63) is 90.0 Å². The fraction of sp³-hybridized carbons (Fsp3) is 0.259. The smallest absolute Gasteiger partial charge is 0.265 e. The Bertz CT molecular complexity index is 1090. The number of para-hydroxylation sites is 2. The molecule has 3 aromatic carbocycles. The maximum absolute atomic E-state index is 13.7. The van der Waals surface area contributed by atoms with E-state index in [0.717, 1.165) is 19.6 Å². The van der Waals surface area contributed by atoms with E-state index >= 15 is 0 Å². The summed E-state index contributed by atoms with van der Waals surface area (Å²) >= 11 is 0. The van der Waals surface area contributed by atoms with Gasteiger partial charge in [0.2, 0.25) is 5.91 Å². The summed E-state index contributed by atoms with van der Waals surface area (Å²) in [6.07, 6.45) is 1.40. The number of ether oxygens (including phenoxy) is 1. The Labute approximate surface area is 194 Å². The number of piperidine rings is 1. The van der Waals surface area contributed by atoms with E-state index in [2.05, 4.69) is 17.0 Å². The Hall–Kier alpha value is -3.64. The van der Waals surface area contributed by atoms with Gasteiger partial charge in [-0.15, -0.1) is 0 Å². The van der Waals surface area contributed by atoms with Crippen molar-refractivity contribution in [3.63, 3.8) is 0 Å². The van der Waals surface area contributed by atoms with Crippen LogP contribution in [0.1, 0.15) is 28.8 Å². The van der Waals surface area contributed by atoms with Gasteiger partial charge < -0.3 is 10.5 Å². The van der Waals surface area contributed by atoms with Crippen molar-refractivity contribution < 1.29 is 14.3 Å². The maximum atomic E-state index is 13.7. The molecular formula is C27H29N3O3. The lowest BCUT2D eigenvalue weighted by Gasteiger charge is -2.34. The summed E-state index contributed by atoms with van der Waals surface area (Å²) in [4.78, 5) is 30.8. The number of nitrogens with two attached hydrogens (primary N) is 1. The first-order chi connectivity index (χ1) is 16.1. The molecule has 33 heavy (non-hydrogen) atoms. The molecule has 2 amide bonds. The number of rotatable bonds is 6. The second-order valence-corrected chi connectivity index (χ2v) is 8.30. The van der Waals surface area contributed by atoms with Crippen LogP contribution in [0.5, 0.6) is 5.75 Å². The molecule has 3 aromatic rings. The van der Waals surface area contributed by atoms with Crippen molar-refractivity contribution in [2.45, 2.75) is 19.4 Å². The Morgan fingerprint density at radius 2 is 1.58 bits per heavy atom. The minimum Gasteiger partial charge on any atom is -0.497 e. The van der Waals surface area contributed by atoms with Gasteiger partial charge in [0.1, 0.15) is 5.75 Å². The summed E-state index contributed by atoms with van der Waals surface area (Å²) in [5.41, 5.74) is 8.68. The summed E-state index contributed by atoms with van der Waals surface area (Å²) in [7, 11) is 1.57. The standard InChI is InChI=1S/C27H29N3O3/c1-33-23-13-11-21(12-14-23)26(31)30(25-10-6-5-9-24(25)28)27(32)22-15-17-29(18-16-22)19-20-7-3-2-4-8-20/h2-14,22H,15-19,28H2,1H3. The SMILES string of the molecule is COc1ccc(C(=O)N(C(=O)C2CCN(Cc3ccccc3)CC2)c2ccccc2N)cc1. The highest BCUT2D eigenvalue weighted by Gasteiger charge is 2.34. The first-order valence-electron chi connectivity index (χ1n) is 11.2. The zero-order valence-corrected chi connectivity index (χ0v) is 18.8. The zero-order valence-electron chi connectivity index (χ0n) is 18.8. The van der Waals surface area contributed by atoms with Crippen molar-refractivity contribution >= 4 is 23.2 Å². The molecule has 0 radical (unpaired) electrons. The molecule has 6 nitrogen and oxygen atoms in total. The predicted molar refractivity (Wildman–Crippen MR) is 130 cm³/mol. The average molecular weight is 444 g/mol. The second-order valence-electron chi connectivity index (χ2n) is 8.30. The van der Waals surface area contributed by atoms with Crippen LogP contribution >= 0.6 is 0 Å². The zero-order chi connectivity index (χ0) is 23.2. The molecule has 2 N–H and O–H groups in total. The van der Waals surface area contributed by atoms with Crippen molar-refractivity contribution in [3.8, 4) is 5.75 Å². The summed E-state index contributed by atoms with van der Waals surface area (Å²) in [5.74, 6) is -0.173. The van der Waals surface area contributed by atoms with Crippen LogP contribution in [0, 0.1) is 5.92 Å². The van der Waals surface area contributed by atoms with E-state index in [1.54, 1.807) is 55.6 Å². The first kappa shape index (κ1) is 22.6. The number of amides is 2.